The summed E-state index contributed by atoms with van der Waals surface area (Å²) in [7, 11) is -3.42. The summed E-state index contributed by atoms with van der Waals surface area (Å²) >= 11 is 0. The minimum absolute atomic E-state index is 0.187. The average molecular weight is 206 g/mol. The fourth-order valence-corrected chi connectivity index (χ4v) is 1.69. The van der Waals surface area contributed by atoms with Gasteiger partial charge < -0.3 is 4.74 Å². The van der Waals surface area contributed by atoms with Crippen molar-refractivity contribution in [2.45, 2.75) is 19.1 Å². The zero-order chi connectivity index (χ0) is 10.5. The van der Waals surface area contributed by atoms with E-state index < -0.39 is 21.1 Å². The minimum atomic E-state index is -3.42. The van der Waals surface area contributed by atoms with Crippen molar-refractivity contribution in [2.75, 3.05) is 12.4 Å². The second kappa shape index (κ2) is 5.01. The van der Waals surface area contributed by atoms with Gasteiger partial charge in [0, 0.05) is 0 Å². The number of sulfone groups is 1. The molecule has 0 unspecified atom stereocenters. The Bertz CT molecular complexity index is 279. The molecule has 0 bridgehead atoms. The molecule has 0 aliphatic heterocycles. The lowest BCUT2D eigenvalue weighted by Gasteiger charge is -2.09. The molecule has 1 atom stereocenters. The Labute approximate surface area is 78.5 Å². The second-order valence-electron chi connectivity index (χ2n) is 2.51. The number of carbonyl (C=O) groups excluding carboxylic acids is 1. The SMILES string of the molecule is C=CCS(=O)(=O)[C@@H](C)C(=O)OCC. The van der Waals surface area contributed by atoms with Crippen molar-refractivity contribution in [3.63, 3.8) is 0 Å². The van der Waals surface area contributed by atoms with Crippen molar-refractivity contribution < 1.29 is 17.9 Å². The van der Waals surface area contributed by atoms with Gasteiger partial charge in [-0.25, -0.2) is 8.42 Å². The fourth-order valence-electron chi connectivity index (χ4n) is 0.715. The molecule has 76 valence electrons. The molecular formula is C8H14O4S. The predicted octanol–water partition coefficient (Wildman–Crippen LogP) is 0.539. The molecule has 0 aliphatic rings. The van der Waals surface area contributed by atoms with E-state index in [4.69, 9.17) is 0 Å². The van der Waals surface area contributed by atoms with Crippen LogP contribution in [-0.2, 0) is 19.4 Å². The lowest BCUT2D eigenvalue weighted by atomic mass is 10.5. The van der Waals surface area contributed by atoms with Gasteiger partial charge in [-0.2, -0.15) is 0 Å². The van der Waals surface area contributed by atoms with Crippen LogP contribution < -0.4 is 0 Å². The molecular weight excluding hydrogens is 192 g/mol. The molecule has 0 N–H and O–H groups in total. The van der Waals surface area contributed by atoms with Gasteiger partial charge in [0.05, 0.1) is 12.4 Å². The van der Waals surface area contributed by atoms with Gasteiger partial charge in [-0.1, -0.05) is 6.08 Å². The molecule has 0 rings (SSSR count). The number of hydrogen-bond donors (Lipinski definition) is 0. The molecule has 0 aliphatic carbocycles. The van der Waals surface area contributed by atoms with E-state index in [0.717, 1.165) is 0 Å². The summed E-state index contributed by atoms with van der Waals surface area (Å²) in [6, 6.07) is 0. The third-order valence-electron chi connectivity index (χ3n) is 1.51. The van der Waals surface area contributed by atoms with Crippen LogP contribution in [0.1, 0.15) is 13.8 Å². The summed E-state index contributed by atoms with van der Waals surface area (Å²) in [6.45, 7) is 6.44. The third-order valence-corrected chi connectivity index (χ3v) is 3.48. The van der Waals surface area contributed by atoms with E-state index in [-0.39, 0.29) is 12.4 Å². The first-order valence-corrected chi connectivity index (χ1v) is 5.66. The molecule has 0 saturated heterocycles. The topological polar surface area (TPSA) is 60.4 Å². The fraction of sp³-hybridized carbons (Fsp3) is 0.625. The molecule has 0 radical (unpaired) electrons. The Morgan fingerprint density at radius 2 is 2.15 bits per heavy atom. The average Bonchev–Trinajstić information content (AvgIpc) is 2.03. The van der Waals surface area contributed by atoms with E-state index in [9.17, 15) is 13.2 Å². The maximum Gasteiger partial charge on any atom is 0.324 e. The van der Waals surface area contributed by atoms with Gasteiger partial charge in [-0.15, -0.1) is 6.58 Å². The van der Waals surface area contributed by atoms with Crippen LogP contribution >= 0.6 is 0 Å². The first kappa shape index (κ1) is 12.2. The van der Waals surface area contributed by atoms with Gasteiger partial charge in [-0.3, -0.25) is 4.79 Å². The maximum atomic E-state index is 11.3. The van der Waals surface area contributed by atoms with E-state index in [1.165, 1.54) is 13.0 Å². The summed E-state index contributed by atoms with van der Waals surface area (Å²) in [4.78, 5) is 11.0. The zero-order valence-electron chi connectivity index (χ0n) is 7.82. The highest BCUT2D eigenvalue weighted by molar-refractivity contribution is 7.92. The lowest BCUT2D eigenvalue weighted by molar-refractivity contribution is -0.142. The molecule has 0 spiro atoms. The molecule has 4 nitrogen and oxygen atoms in total. The van der Waals surface area contributed by atoms with Crippen molar-refractivity contribution in [1.82, 2.24) is 0 Å². The molecule has 0 aromatic rings. The van der Waals surface area contributed by atoms with Crippen LogP contribution in [0.4, 0.5) is 0 Å². The van der Waals surface area contributed by atoms with Crippen LogP contribution in [0.15, 0.2) is 12.7 Å². The minimum Gasteiger partial charge on any atom is -0.465 e. The standard InChI is InChI=1S/C8H14O4S/c1-4-6-13(10,11)7(3)8(9)12-5-2/h4,7H,1,5-6H2,2-3H3/t7-/m0/s1. The van der Waals surface area contributed by atoms with E-state index >= 15 is 0 Å². The zero-order valence-corrected chi connectivity index (χ0v) is 8.63. The van der Waals surface area contributed by atoms with Crippen molar-refractivity contribution in [3.05, 3.63) is 12.7 Å². The summed E-state index contributed by atoms with van der Waals surface area (Å²) in [6.07, 6.45) is 1.26. The van der Waals surface area contributed by atoms with Crippen molar-refractivity contribution in [3.8, 4) is 0 Å². The Hall–Kier alpha value is -0.840. The summed E-state index contributed by atoms with van der Waals surface area (Å²) in [5.41, 5.74) is 0. The van der Waals surface area contributed by atoms with Crippen molar-refractivity contribution in [1.29, 1.82) is 0 Å². The van der Waals surface area contributed by atoms with Gasteiger partial charge in [0.15, 0.2) is 15.1 Å². The quantitative estimate of drug-likeness (QED) is 0.486. The van der Waals surface area contributed by atoms with Crippen LogP contribution in [0.25, 0.3) is 0 Å². The van der Waals surface area contributed by atoms with Crippen molar-refractivity contribution in [2.24, 2.45) is 0 Å². The number of carbonyl (C=O) groups is 1. The monoisotopic (exact) mass is 206 g/mol. The maximum absolute atomic E-state index is 11.3. The molecule has 0 heterocycles. The Morgan fingerprint density at radius 1 is 1.62 bits per heavy atom. The number of rotatable bonds is 5. The van der Waals surface area contributed by atoms with Gasteiger partial charge in [0.2, 0.25) is 0 Å². The second-order valence-corrected chi connectivity index (χ2v) is 4.88. The van der Waals surface area contributed by atoms with Crippen LogP contribution in [0.3, 0.4) is 0 Å². The van der Waals surface area contributed by atoms with Crippen LogP contribution in [-0.4, -0.2) is 32.0 Å². The highest BCUT2D eigenvalue weighted by Crippen LogP contribution is 2.04. The molecule has 0 aromatic heterocycles. The Balaban J connectivity index is 4.49. The largest absolute Gasteiger partial charge is 0.465 e. The molecule has 13 heavy (non-hydrogen) atoms. The third kappa shape index (κ3) is 3.59. The highest BCUT2D eigenvalue weighted by Gasteiger charge is 2.27. The van der Waals surface area contributed by atoms with Gasteiger partial charge >= 0.3 is 5.97 Å². The number of esters is 1. The summed E-state index contributed by atoms with van der Waals surface area (Å²) in [5, 5.41) is -1.11. The lowest BCUT2D eigenvalue weighted by Crippen LogP contribution is -2.30. The predicted molar refractivity (Wildman–Crippen MR) is 50.1 cm³/mol. The summed E-state index contributed by atoms with van der Waals surface area (Å²) in [5.74, 6) is -0.906. The molecule has 0 fully saturated rings. The van der Waals surface area contributed by atoms with E-state index in [1.807, 2.05) is 0 Å². The molecule has 0 saturated carbocycles. The molecule has 5 heteroatoms. The van der Waals surface area contributed by atoms with E-state index in [0.29, 0.717) is 0 Å². The van der Waals surface area contributed by atoms with E-state index in [2.05, 4.69) is 11.3 Å². The number of hydrogen-bond acceptors (Lipinski definition) is 4. The molecule has 0 aromatic carbocycles. The summed E-state index contributed by atoms with van der Waals surface area (Å²) < 4.78 is 27.1. The smallest absolute Gasteiger partial charge is 0.324 e. The normalized spacial score (nSPS) is 13.4. The van der Waals surface area contributed by atoms with Gasteiger partial charge in [0.25, 0.3) is 0 Å². The van der Waals surface area contributed by atoms with Gasteiger partial charge in [0.1, 0.15) is 0 Å². The number of ether oxygens (including phenoxy) is 1. The molecule has 0 amide bonds. The van der Waals surface area contributed by atoms with Crippen LogP contribution in [0.5, 0.6) is 0 Å². The first-order chi connectivity index (χ1) is 5.95. The van der Waals surface area contributed by atoms with E-state index in [1.54, 1.807) is 6.92 Å². The van der Waals surface area contributed by atoms with Crippen LogP contribution in [0.2, 0.25) is 0 Å². The highest BCUT2D eigenvalue weighted by atomic mass is 32.2. The first-order valence-electron chi connectivity index (χ1n) is 3.94. The van der Waals surface area contributed by atoms with Gasteiger partial charge in [-0.05, 0) is 13.8 Å². The van der Waals surface area contributed by atoms with Crippen LogP contribution in [0, 0.1) is 0 Å². The Morgan fingerprint density at radius 3 is 2.54 bits per heavy atom. The Kier molecular flexibility index (Phi) is 4.69. The van der Waals surface area contributed by atoms with Crippen molar-refractivity contribution >= 4 is 15.8 Å².